The van der Waals surface area contributed by atoms with Crippen molar-refractivity contribution in [3.05, 3.63) is 75.8 Å². The summed E-state index contributed by atoms with van der Waals surface area (Å²) in [4.78, 5) is 36.3. The molecule has 3 aromatic rings. The van der Waals surface area contributed by atoms with E-state index in [2.05, 4.69) is 32.3 Å². The number of aromatic amines is 1. The fraction of sp³-hybridized carbons (Fsp3) is 0.261. The number of rotatable bonds is 5. The molecule has 0 unspecified atom stereocenters. The Morgan fingerprint density at radius 1 is 1.16 bits per heavy atom. The van der Waals surface area contributed by atoms with Crippen LogP contribution in [0, 0.1) is 12.5 Å². The first-order chi connectivity index (χ1) is 15.4. The molecule has 3 N–H and O–H groups in total. The molecule has 3 heterocycles. The topological polar surface area (TPSA) is 118 Å². The number of likely N-dealkylation sites (N-methyl/N-ethyl adjacent to an activating group) is 1. The molecule has 0 spiro atoms. The van der Waals surface area contributed by atoms with Crippen molar-refractivity contribution in [1.29, 1.82) is 5.53 Å². The molecule has 9 nitrogen and oxygen atoms in total. The van der Waals surface area contributed by atoms with Crippen LogP contribution in [-0.2, 0) is 0 Å². The van der Waals surface area contributed by atoms with Crippen LogP contribution in [0.25, 0.3) is 16.7 Å². The number of carbonyl (C=O) groups is 1. The van der Waals surface area contributed by atoms with Crippen molar-refractivity contribution in [1.82, 2.24) is 19.8 Å². The Labute approximate surface area is 185 Å². The van der Waals surface area contributed by atoms with Crippen molar-refractivity contribution in [3.63, 3.8) is 0 Å². The van der Waals surface area contributed by atoms with Gasteiger partial charge in [-0.05, 0) is 56.4 Å². The molecule has 32 heavy (non-hydrogen) atoms. The number of fused-ring (bicyclic) bond motifs is 1. The monoisotopic (exact) mass is 431 g/mol. The molecule has 0 aliphatic carbocycles. The van der Waals surface area contributed by atoms with E-state index >= 15 is 0 Å². The summed E-state index contributed by atoms with van der Waals surface area (Å²) >= 11 is 0. The van der Waals surface area contributed by atoms with Crippen molar-refractivity contribution in [2.24, 2.45) is 5.11 Å². The molecular weight excluding hydrogens is 406 g/mol. The summed E-state index contributed by atoms with van der Waals surface area (Å²) in [6.07, 6.45) is 1.50. The number of amides is 1. The number of H-pyrrole nitrogens is 1. The van der Waals surface area contributed by atoms with Gasteiger partial charge in [-0.1, -0.05) is 0 Å². The second kappa shape index (κ2) is 9.11. The minimum absolute atomic E-state index is 0.0218. The van der Waals surface area contributed by atoms with Gasteiger partial charge in [0.2, 0.25) is 0 Å². The van der Waals surface area contributed by atoms with Crippen molar-refractivity contribution in [3.8, 4) is 0 Å². The number of pyridine rings is 2. The fourth-order valence-electron chi connectivity index (χ4n) is 3.59. The van der Waals surface area contributed by atoms with Crippen LogP contribution in [0.15, 0.2) is 58.6 Å². The summed E-state index contributed by atoms with van der Waals surface area (Å²) in [5, 5.41) is 7.33. The smallest absolute Gasteiger partial charge is 0.259 e. The molecule has 0 bridgehead atoms. The number of aromatic nitrogens is 2. The molecule has 0 atom stereocenters. The van der Waals surface area contributed by atoms with E-state index in [9.17, 15) is 9.59 Å². The van der Waals surface area contributed by atoms with Gasteiger partial charge < -0.3 is 20.1 Å². The third-order valence-corrected chi connectivity index (χ3v) is 5.54. The molecule has 1 aliphatic rings. The summed E-state index contributed by atoms with van der Waals surface area (Å²) in [5.41, 5.74) is 10.3. The van der Waals surface area contributed by atoms with Crippen LogP contribution in [0.1, 0.15) is 21.6 Å². The predicted octanol–water partition coefficient (Wildman–Crippen LogP) is 3.06. The summed E-state index contributed by atoms with van der Waals surface area (Å²) in [5.74, 6) is 0.0218. The summed E-state index contributed by atoms with van der Waals surface area (Å²) in [6, 6.07) is 12.5. The normalized spacial score (nSPS) is 15.1. The van der Waals surface area contributed by atoms with E-state index in [4.69, 9.17) is 5.53 Å². The van der Waals surface area contributed by atoms with Gasteiger partial charge in [-0.3, -0.25) is 9.59 Å². The number of piperazine rings is 1. The first-order valence-electron chi connectivity index (χ1n) is 10.4. The van der Waals surface area contributed by atoms with Crippen LogP contribution >= 0.6 is 0 Å². The van der Waals surface area contributed by atoms with Gasteiger partial charge in [0.05, 0.1) is 5.56 Å². The summed E-state index contributed by atoms with van der Waals surface area (Å²) < 4.78 is 0. The lowest BCUT2D eigenvalue weighted by molar-refractivity contribution is 0.0664. The van der Waals surface area contributed by atoms with Crippen molar-refractivity contribution >= 4 is 28.3 Å². The molecule has 1 aromatic carbocycles. The quantitative estimate of drug-likeness (QED) is 0.537. The Hall–Kier alpha value is -3.85. The van der Waals surface area contributed by atoms with E-state index in [0.29, 0.717) is 11.2 Å². The van der Waals surface area contributed by atoms with Crippen molar-refractivity contribution in [2.45, 2.75) is 6.92 Å². The highest BCUT2D eigenvalue weighted by Gasteiger charge is 2.20. The van der Waals surface area contributed by atoms with Gasteiger partial charge in [0, 0.05) is 54.7 Å². The zero-order chi connectivity index (χ0) is 22.7. The van der Waals surface area contributed by atoms with Crippen LogP contribution in [0.5, 0.6) is 0 Å². The van der Waals surface area contributed by atoms with E-state index in [1.807, 2.05) is 24.0 Å². The van der Waals surface area contributed by atoms with Crippen LogP contribution in [0.3, 0.4) is 0 Å². The standard InChI is InChI=1S/C23H25N7O2/c1-15-3-4-17-13-19(22(31)27-21(17)26-15)20(28-24)14-25-18-7-5-16(6-8-18)23(32)30-11-9-29(2)10-12-30/h3-8,13-14,24-25H,9-12H2,1-2H3,(H,26,27,31)/b20-14-,28-24?. The molecule has 1 aliphatic heterocycles. The number of carbonyl (C=O) groups excluding carboxylic acids is 1. The van der Waals surface area contributed by atoms with E-state index in [0.717, 1.165) is 42.9 Å². The highest BCUT2D eigenvalue weighted by atomic mass is 16.2. The molecule has 1 saturated heterocycles. The van der Waals surface area contributed by atoms with Gasteiger partial charge in [-0.25, -0.2) is 10.5 Å². The van der Waals surface area contributed by atoms with Gasteiger partial charge >= 0.3 is 0 Å². The highest BCUT2D eigenvalue weighted by Crippen LogP contribution is 2.18. The Kier molecular flexibility index (Phi) is 6.09. The zero-order valence-electron chi connectivity index (χ0n) is 18.1. The number of nitrogens with zero attached hydrogens (tertiary/aromatic N) is 4. The predicted molar refractivity (Wildman–Crippen MR) is 124 cm³/mol. The third-order valence-electron chi connectivity index (χ3n) is 5.54. The number of hydrogen-bond acceptors (Lipinski definition) is 7. The van der Waals surface area contributed by atoms with E-state index in [1.165, 1.54) is 6.20 Å². The van der Waals surface area contributed by atoms with E-state index < -0.39 is 0 Å². The summed E-state index contributed by atoms with van der Waals surface area (Å²) in [6.45, 7) is 5.05. The molecule has 164 valence electrons. The Bertz CT molecular complexity index is 1240. The first kappa shape index (κ1) is 21.4. The Morgan fingerprint density at radius 3 is 2.56 bits per heavy atom. The largest absolute Gasteiger partial charge is 0.360 e. The number of hydrogen-bond donors (Lipinski definition) is 3. The number of nitrogens with one attached hydrogen (secondary N) is 3. The average molecular weight is 432 g/mol. The maximum absolute atomic E-state index is 12.7. The van der Waals surface area contributed by atoms with Gasteiger partial charge in [0.15, 0.2) is 0 Å². The van der Waals surface area contributed by atoms with E-state index in [-0.39, 0.29) is 22.7 Å². The lowest BCUT2D eigenvalue weighted by atomic mass is 10.1. The minimum Gasteiger partial charge on any atom is -0.360 e. The Morgan fingerprint density at radius 2 is 1.88 bits per heavy atom. The molecule has 1 amide bonds. The average Bonchev–Trinajstić information content (AvgIpc) is 2.80. The Balaban J connectivity index is 1.50. The van der Waals surface area contributed by atoms with Gasteiger partial charge in [0.1, 0.15) is 11.3 Å². The van der Waals surface area contributed by atoms with Crippen LogP contribution in [0.2, 0.25) is 0 Å². The van der Waals surface area contributed by atoms with Crippen LogP contribution in [0.4, 0.5) is 5.69 Å². The van der Waals surface area contributed by atoms with E-state index in [1.54, 1.807) is 30.3 Å². The number of benzene rings is 1. The zero-order valence-corrected chi connectivity index (χ0v) is 18.1. The SMILES string of the molecule is Cc1ccc2cc(/C(=C/Nc3ccc(C(=O)N4CCN(C)CC4)cc3)N=N)c(=O)[nH]c2n1. The maximum Gasteiger partial charge on any atom is 0.259 e. The maximum atomic E-state index is 12.7. The number of aryl methyl sites for hydroxylation is 1. The molecular formula is C23H25N7O2. The molecule has 0 saturated carbocycles. The second-order valence-electron chi connectivity index (χ2n) is 7.86. The molecule has 1 fully saturated rings. The lowest BCUT2D eigenvalue weighted by Gasteiger charge is -2.32. The van der Waals surface area contributed by atoms with Crippen LogP contribution in [-0.4, -0.2) is 58.9 Å². The van der Waals surface area contributed by atoms with Gasteiger partial charge in [-0.15, -0.1) is 0 Å². The highest BCUT2D eigenvalue weighted by molar-refractivity contribution is 5.94. The fourth-order valence-corrected chi connectivity index (χ4v) is 3.59. The summed E-state index contributed by atoms with van der Waals surface area (Å²) in [7, 11) is 2.05. The number of anilines is 1. The minimum atomic E-state index is -0.368. The van der Waals surface area contributed by atoms with Gasteiger partial charge in [0.25, 0.3) is 11.5 Å². The van der Waals surface area contributed by atoms with Crippen molar-refractivity contribution in [2.75, 3.05) is 38.5 Å². The van der Waals surface area contributed by atoms with Crippen molar-refractivity contribution < 1.29 is 4.79 Å². The third kappa shape index (κ3) is 4.57. The second-order valence-corrected chi connectivity index (χ2v) is 7.86. The van der Waals surface area contributed by atoms with Gasteiger partial charge in [-0.2, -0.15) is 5.11 Å². The molecule has 2 aromatic heterocycles. The first-order valence-corrected chi connectivity index (χ1v) is 10.4. The molecule has 0 radical (unpaired) electrons. The molecule has 4 rings (SSSR count). The van der Waals surface area contributed by atoms with Crippen LogP contribution < -0.4 is 10.9 Å². The molecule has 9 heteroatoms. The lowest BCUT2D eigenvalue weighted by Crippen LogP contribution is -2.47.